The smallest absolute Gasteiger partial charge is 0.255 e. The number of nitrogens with one attached hydrogen (secondary N) is 1. The molecule has 1 saturated carbocycles. The van der Waals surface area contributed by atoms with Gasteiger partial charge in [0, 0.05) is 23.6 Å². The van der Waals surface area contributed by atoms with E-state index in [1.807, 2.05) is 36.6 Å². The summed E-state index contributed by atoms with van der Waals surface area (Å²) in [7, 11) is 0. The van der Waals surface area contributed by atoms with Gasteiger partial charge in [0.15, 0.2) is 0 Å². The minimum atomic E-state index is 0.0251. The van der Waals surface area contributed by atoms with Crippen LogP contribution in [0.4, 0.5) is 0 Å². The second-order valence-electron chi connectivity index (χ2n) is 7.18. The Morgan fingerprint density at radius 2 is 1.71 bits per heavy atom. The standard InChI is InChI=1S/C20H29N3O/c1-15-14-16(2)23-13-12-18(19(23)21-15)20(24)22-17-10-8-6-4-3-5-7-9-11-17/h12-14,17H,3-11H2,1-2H3,(H,22,24). The Labute approximate surface area is 144 Å². The molecule has 24 heavy (non-hydrogen) atoms. The van der Waals surface area contributed by atoms with E-state index in [0.29, 0.717) is 11.6 Å². The van der Waals surface area contributed by atoms with Gasteiger partial charge < -0.3 is 9.72 Å². The highest BCUT2D eigenvalue weighted by Crippen LogP contribution is 2.19. The number of carbonyl (C=O) groups is 1. The van der Waals surface area contributed by atoms with Crippen molar-refractivity contribution in [3.63, 3.8) is 0 Å². The molecule has 1 N–H and O–H groups in total. The van der Waals surface area contributed by atoms with Crippen molar-refractivity contribution in [2.75, 3.05) is 0 Å². The number of carbonyl (C=O) groups excluding carboxylic acids is 1. The van der Waals surface area contributed by atoms with Crippen LogP contribution in [0.3, 0.4) is 0 Å². The molecule has 4 heteroatoms. The number of aryl methyl sites for hydroxylation is 2. The monoisotopic (exact) mass is 327 g/mol. The van der Waals surface area contributed by atoms with E-state index in [1.165, 1.54) is 44.9 Å². The summed E-state index contributed by atoms with van der Waals surface area (Å²) in [6.45, 7) is 4.02. The molecule has 1 amide bonds. The Hall–Kier alpha value is -1.84. The molecule has 0 atom stereocenters. The molecule has 1 aliphatic rings. The minimum absolute atomic E-state index is 0.0251. The van der Waals surface area contributed by atoms with Crippen molar-refractivity contribution in [3.8, 4) is 0 Å². The predicted molar refractivity (Wildman–Crippen MR) is 97.5 cm³/mol. The largest absolute Gasteiger partial charge is 0.349 e. The summed E-state index contributed by atoms with van der Waals surface area (Å²) < 4.78 is 2.00. The summed E-state index contributed by atoms with van der Waals surface area (Å²) in [5.41, 5.74) is 3.52. The third kappa shape index (κ3) is 3.97. The van der Waals surface area contributed by atoms with Crippen molar-refractivity contribution in [2.45, 2.75) is 77.7 Å². The molecule has 1 aliphatic carbocycles. The van der Waals surface area contributed by atoms with E-state index in [0.717, 1.165) is 29.9 Å². The Morgan fingerprint density at radius 3 is 2.38 bits per heavy atom. The maximum atomic E-state index is 12.8. The molecule has 2 heterocycles. The van der Waals surface area contributed by atoms with Gasteiger partial charge in [-0.05, 0) is 38.8 Å². The van der Waals surface area contributed by atoms with Crippen LogP contribution in [0.1, 0.15) is 79.5 Å². The summed E-state index contributed by atoms with van der Waals surface area (Å²) >= 11 is 0. The van der Waals surface area contributed by atoms with Crippen LogP contribution in [0.2, 0.25) is 0 Å². The second-order valence-corrected chi connectivity index (χ2v) is 7.18. The van der Waals surface area contributed by atoms with Gasteiger partial charge in [-0.3, -0.25) is 4.79 Å². The first-order chi connectivity index (χ1) is 11.6. The first-order valence-corrected chi connectivity index (χ1v) is 9.41. The van der Waals surface area contributed by atoms with Crippen LogP contribution in [0.15, 0.2) is 18.3 Å². The highest BCUT2D eigenvalue weighted by Gasteiger charge is 2.18. The fourth-order valence-electron chi connectivity index (χ4n) is 3.79. The first kappa shape index (κ1) is 17.0. The third-order valence-corrected chi connectivity index (χ3v) is 5.12. The Bertz CT molecular complexity index is 694. The van der Waals surface area contributed by atoms with Gasteiger partial charge in [-0.1, -0.05) is 44.9 Å². The van der Waals surface area contributed by atoms with Crippen molar-refractivity contribution >= 4 is 11.6 Å². The number of rotatable bonds is 2. The number of hydrogen-bond donors (Lipinski definition) is 1. The van der Waals surface area contributed by atoms with Gasteiger partial charge in [-0.25, -0.2) is 4.98 Å². The Morgan fingerprint density at radius 1 is 1.08 bits per heavy atom. The lowest BCUT2D eigenvalue weighted by atomic mass is 9.97. The fourth-order valence-corrected chi connectivity index (χ4v) is 3.79. The topological polar surface area (TPSA) is 46.4 Å². The van der Waals surface area contributed by atoms with Crippen LogP contribution in [-0.2, 0) is 0 Å². The number of amides is 1. The van der Waals surface area contributed by atoms with Gasteiger partial charge >= 0.3 is 0 Å². The van der Waals surface area contributed by atoms with Gasteiger partial charge in [-0.15, -0.1) is 0 Å². The summed E-state index contributed by atoms with van der Waals surface area (Å²) in [5.74, 6) is 0.0251. The van der Waals surface area contributed by atoms with Crippen molar-refractivity contribution < 1.29 is 4.79 Å². The van der Waals surface area contributed by atoms with E-state index in [9.17, 15) is 4.79 Å². The summed E-state index contributed by atoms with van der Waals surface area (Å²) in [4.78, 5) is 17.4. The lowest BCUT2D eigenvalue weighted by molar-refractivity contribution is 0.0933. The molecule has 0 bridgehead atoms. The first-order valence-electron chi connectivity index (χ1n) is 9.41. The highest BCUT2D eigenvalue weighted by atomic mass is 16.1. The van der Waals surface area contributed by atoms with Crippen LogP contribution in [0, 0.1) is 13.8 Å². The summed E-state index contributed by atoms with van der Waals surface area (Å²) in [6, 6.07) is 4.23. The van der Waals surface area contributed by atoms with Gasteiger partial charge in [-0.2, -0.15) is 0 Å². The highest BCUT2D eigenvalue weighted by molar-refractivity contribution is 6.00. The molecule has 0 unspecified atom stereocenters. The van der Waals surface area contributed by atoms with E-state index in [2.05, 4.69) is 10.3 Å². The fraction of sp³-hybridized carbons (Fsp3) is 0.600. The molecule has 0 saturated heterocycles. The quantitative estimate of drug-likeness (QED) is 0.878. The maximum Gasteiger partial charge on any atom is 0.255 e. The molecular formula is C20H29N3O. The van der Waals surface area contributed by atoms with Crippen LogP contribution >= 0.6 is 0 Å². The van der Waals surface area contributed by atoms with Crippen LogP contribution in [0.25, 0.3) is 5.65 Å². The Balaban J connectivity index is 1.73. The van der Waals surface area contributed by atoms with Gasteiger partial charge in [0.05, 0.1) is 5.56 Å². The summed E-state index contributed by atoms with van der Waals surface area (Å²) in [6.07, 6.45) is 13.2. The zero-order valence-electron chi connectivity index (χ0n) is 15.0. The SMILES string of the molecule is Cc1cc(C)n2ccc(C(=O)NC3CCCCCCCCC3)c2n1. The molecule has 0 radical (unpaired) electrons. The second kappa shape index (κ2) is 7.82. The number of aromatic nitrogens is 2. The number of hydrogen-bond acceptors (Lipinski definition) is 2. The molecule has 130 valence electrons. The van der Waals surface area contributed by atoms with E-state index >= 15 is 0 Å². The van der Waals surface area contributed by atoms with Crippen LogP contribution < -0.4 is 5.32 Å². The molecule has 3 rings (SSSR count). The average Bonchev–Trinajstić information content (AvgIpc) is 2.97. The molecule has 2 aromatic heterocycles. The van der Waals surface area contributed by atoms with Crippen LogP contribution in [0.5, 0.6) is 0 Å². The lowest BCUT2D eigenvalue weighted by Gasteiger charge is -2.20. The van der Waals surface area contributed by atoms with E-state index in [-0.39, 0.29) is 5.91 Å². The molecule has 2 aromatic rings. The molecular weight excluding hydrogens is 298 g/mol. The van der Waals surface area contributed by atoms with Crippen LogP contribution in [-0.4, -0.2) is 21.3 Å². The third-order valence-electron chi connectivity index (χ3n) is 5.12. The van der Waals surface area contributed by atoms with Gasteiger partial charge in [0.2, 0.25) is 0 Å². The van der Waals surface area contributed by atoms with Gasteiger partial charge in [0.25, 0.3) is 5.91 Å². The normalized spacial score (nSPS) is 17.8. The van der Waals surface area contributed by atoms with E-state index in [1.54, 1.807) is 0 Å². The van der Waals surface area contributed by atoms with Crippen molar-refractivity contribution in [3.05, 3.63) is 35.3 Å². The molecule has 0 aromatic carbocycles. The molecule has 0 aliphatic heterocycles. The van der Waals surface area contributed by atoms with Crippen molar-refractivity contribution in [2.24, 2.45) is 0 Å². The average molecular weight is 327 g/mol. The lowest BCUT2D eigenvalue weighted by Crippen LogP contribution is -2.35. The van der Waals surface area contributed by atoms with Crippen molar-refractivity contribution in [1.29, 1.82) is 0 Å². The zero-order valence-corrected chi connectivity index (χ0v) is 15.0. The molecule has 0 spiro atoms. The summed E-state index contributed by atoms with van der Waals surface area (Å²) in [5, 5.41) is 3.28. The minimum Gasteiger partial charge on any atom is -0.349 e. The predicted octanol–water partition coefficient (Wildman–Crippen LogP) is 4.57. The number of fused-ring (bicyclic) bond motifs is 1. The number of nitrogens with zero attached hydrogens (tertiary/aromatic N) is 2. The van der Waals surface area contributed by atoms with Gasteiger partial charge in [0.1, 0.15) is 5.65 Å². The van der Waals surface area contributed by atoms with E-state index < -0.39 is 0 Å². The van der Waals surface area contributed by atoms with E-state index in [4.69, 9.17) is 0 Å². The zero-order chi connectivity index (χ0) is 16.9. The van der Waals surface area contributed by atoms with Crippen molar-refractivity contribution in [1.82, 2.24) is 14.7 Å². The molecule has 1 fully saturated rings. The molecule has 4 nitrogen and oxygen atoms in total. The Kier molecular flexibility index (Phi) is 5.54. The maximum absolute atomic E-state index is 12.8.